The van der Waals surface area contributed by atoms with Crippen molar-refractivity contribution in [1.29, 1.82) is 0 Å². The second kappa shape index (κ2) is 7.07. The van der Waals surface area contributed by atoms with Crippen LogP contribution in [0.2, 0.25) is 0 Å². The van der Waals surface area contributed by atoms with E-state index < -0.39 is 17.7 Å². The standard InChI is InChI=1S/C17H31N3O3/c1-12(18-16(22)23-17(2,3)4)15(21)20-10-8-14-13(11-20)7-6-9-19(14)5/h12-14H,6-11H2,1-5H3,(H,18,22)/t12-,13+,14+/m1/s1. The lowest BCUT2D eigenvalue weighted by Gasteiger charge is -2.46. The third kappa shape index (κ3) is 4.83. The molecule has 0 aliphatic carbocycles. The fourth-order valence-corrected chi connectivity index (χ4v) is 3.67. The van der Waals surface area contributed by atoms with E-state index in [1.54, 1.807) is 6.92 Å². The molecule has 0 saturated carbocycles. The van der Waals surface area contributed by atoms with Crippen LogP contribution in [0.1, 0.15) is 47.0 Å². The third-order valence-electron chi connectivity index (χ3n) is 4.76. The van der Waals surface area contributed by atoms with E-state index >= 15 is 0 Å². The number of rotatable bonds is 2. The van der Waals surface area contributed by atoms with Gasteiger partial charge in [-0.15, -0.1) is 0 Å². The van der Waals surface area contributed by atoms with Crippen molar-refractivity contribution in [3.63, 3.8) is 0 Å². The molecule has 0 aromatic rings. The Morgan fingerprint density at radius 3 is 2.57 bits per heavy atom. The second-order valence-electron chi connectivity index (χ2n) is 7.89. The summed E-state index contributed by atoms with van der Waals surface area (Å²) in [6, 6.07) is 0.0460. The highest BCUT2D eigenvalue weighted by Gasteiger charge is 2.37. The molecule has 0 spiro atoms. The number of likely N-dealkylation sites (tertiary alicyclic amines) is 2. The zero-order valence-corrected chi connectivity index (χ0v) is 15.1. The first-order chi connectivity index (χ1) is 10.7. The predicted octanol–water partition coefficient (Wildman–Crippen LogP) is 1.84. The first-order valence-corrected chi connectivity index (χ1v) is 8.66. The number of amides is 2. The fourth-order valence-electron chi connectivity index (χ4n) is 3.67. The van der Waals surface area contributed by atoms with Gasteiger partial charge in [-0.1, -0.05) is 0 Å². The van der Waals surface area contributed by atoms with Gasteiger partial charge in [-0.05, 0) is 66.5 Å². The number of carbonyl (C=O) groups excluding carboxylic acids is 2. The number of hydrogen-bond donors (Lipinski definition) is 1. The molecule has 23 heavy (non-hydrogen) atoms. The maximum atomic E-state index is 12.6. The van der Waals surface area contributed by atoms with E-state index in [4.69, 9.17) is 4.74 Å². The maximum Gasteiger partial charge on any atom is 0.408 e. The quantitative estimate of drug-likeness (QED) is 0.841. The van der Waals surface area contributed by atoms with E-state index in [9.17, 15) is 9.59 Å². The Kier molecular flexibility index (Phi) is 5.55. The molecule has 2 rings (SSSR count). The second-order valence-corrected chi connectivity index (χ2v) is 7.89. The van der Waals surface area contributed by atoms with E-state index in [1.165, 1.54) is 12.8 Å². The minimum atomic E-state index is -0.558. The van der Waals surface area contributed by atoms with Crippen molar-refractivity contribution in [2.75, 3.05) is 26.7 Å². The molecule has 0 bridgehead atoms. The van der Waals surface area contributed by atoms with Gasteiger partial charge in [0.2, 0.25) is 5.91 Å². The van der Waals surface area contributed by atoms with Crippen molar-refractivity contribution in [3.8, 4) is 0 Å². The lowest BCUT2D eigenvalue weighted by Crippen LogP contribution is -2.57. The van der Waals surface area contributed by atoms with Crippen molar-refractivity contribution in [3.05, 3.63) is 0 Å². The normalized spacial score (nSPS) is 27.1. The summed E-state index contributed by atoms with van der Waals surface area (Å²) in [5.74, 6) is 0.544. The van der Waals surface area contributed by atoms with E-state index in [2.05, 4.69) is 17.3 Å². The summed E-state index contributed by atoms with van der Waals surface area (Å²) in [6.07, 6.45) is 2.87. The predicted molar refractivity (Wildman–Crippen MR) is 89.2 cm³/mol. The molecule has 2 saturated heterocycles. The molecular weight excluding hydrogens is 294 g/mol. The van der Waals surface area contributed by atoms with Gasteiger partial charge in [-0.25, -0.2) is 4.79 Å². The molecule has 1 N–H and O–H groups in total. The molecular formula is C17H31N3O3. The zero-order chi connectivity index (χ0) is 17.2. The monoisotopic (exact) mass is 325 g/mol. The molecule has 0 radical (unpaired) electrons. The molecule has 0 unspecified atom stereocenters. The van der Waals surface area contributed by atoms with Crippen molar-refractivity contribution < 1.29 is 14.3 Å². The van der Waals surface area contributed by atoms with Gasteiger partial charge >= 0.3 is 6.09 Å². The first-order valence-electron chi connectivity index (χ1n) is 8.66. The Hall–Kier alpha value is -1.30. The van der Waals surface area contributed by atoms with Gasteiger partial charge in [0.05, 0.1) is 0 Å². The molecule has 132 valence electrons. The highest BCUT2D eigenvalue weighted by molar-refractivity contribution is 5.85. The van der Waals surface area contributed by atoms with Gasteiger partial charge in [0.15, 0.2) is 0 Å². The van der Waals surface area contributed by atoms with E-state index in [0.717, 1.165) is 26.1 Å². The third-order valence-corrected chi connectivity index (χ3v) is 4.76. The summed E-state index contributed by atoms with van der Waals surface area (Å²) in [7, 11) is 2.18. The Labute approximate surface area is 139 Å². The lowest BCUT2D eigenvalue weighted by molar-refractivity contribution is -0.136. The van der Waals surface area contributed by atoms with E-state index in [1.807, 2.05) is 25.7 Å². The van der Waals surface area contributed by atoms with Crippen LogP contribution in [0, 0.1) is 5.92 Å². The molecule has 2 heterocycles. The van der Waals surface area contributed by atoms with Crippen molar-refractivity contribution >= 4 is 12.0 Å². The average Bonchev–Trinajstić information content (AvgIpc) is 2.44. The minimum absolute atomic E-state index is 0.0115. The van der Waals surface area contributed by atoms with Crippen LogP contribution in [0.3, 0.4) is 0 Å². The number of fused-ring (bicyclic) bond motifs is 1. The van der Waals surface area contributed by atoms with Crippen LogP contribution in [0.25, 0.3) is 0 Å². The van der Waals surface area contributed by atoms with Gasteiger partial charge in [-0.2, -0.15) is 0 Å². The molecule has 0 aromatic heterocycles. The van der Waals surface area contributed by atoms with Crippen molar-refractivity contribution in [2.45, 2.75) is 64.6 Å². The number of nitrogens with zero attached hydrogens (tertiary/aromatic N) is 2. The van der Waals surface area contributed by atoms with Crippen molar-refractivity contribution in [1.82, 2.24) is 15.1 Å². The summed E-state index contributed by atoms with van der Waals surface area (Å²) < 4.78 is 5.22. The molecule has 6 nitrogen and oxygen atoms in total. The summed E-state index contributed by atoms with van der Waals surface area (Å²) in [6.45, 7) is 9.88. The zero-order valence-electron chi connectivity index (χ0n) is 15.1. The molecule has 2 fully saturated rings. The summed E-state index contributed by atoms with van der Waals surface area (Å²) in [4.78, 5) is 28.7. The van der Waals surface area contributed by atoms with Crippen LogP contribution in [-0.4, -0.2) is 66.2 Å². The molecule has 0 aromatic carbocycles. The van der Waals surface area contributed by atoms with Crippen LogP contribution in [0.5, 0.6) is 0 Å². The Bertz CT molecular complexity index is 447. The number of alkyl carbamates (subject to hydrolysis) is 1. The summed E-state index contributed by atoms with van der Waals surface area (Å²) >= 11 is 0. The van der Waals surface area contributed by atoms with E-state index in [0.29, 0.717) is 12.0 Å². The smallest absolute Gasteiger partial charge is 0.408 e. The van der Waals surface area contributed by atoms with E-state index in [-0.39, 0.29) is 5.91 Å². The fraction of sp³-hybridized carbons (Fsp3) is 0.882. The SMILES string of the molecule is C[C@@H](NC(=O)OC(C)(C)C)C(=O)N1CC[C@H]2[C@@H](CCCN2C)C1. The Morgan fingerprint density at radius 2 is 1.91 bits per heavy atom. The molecule has 2 aliphatic heterocycles. The van der Waals surface area contributed by atoms with Gasteiger partial charge in [0, 0.05) is 19.1 Å². The highest BCUT2D eigenvalue weighted by atomic mass is 16.6. The average molecular weight is 325 g/mol. The molecule has 2 amide bonds. The molecule has 6 heteroatoms. The number of ether oxygens (including phenoxy) is 1. The highest BCUT2D eigenvalue weighted by Crippen LogP contribution is 2.29. The van der Waals surface area contributed by atoms with Crippen LogP contribution in [0.4, 0.5) is 4.79 Å². The van der Waals surface area contributed by atoms with Gasteiger partial charge in [-0.3, -0.25) is 4.79 Å². The Balaban J connectivity index is 1.87. The number of hydrogen-bond acceptors (Lipinski definition) is 4. The summed E-state index contributed by atoms with van der Waals surface area (Å²) in [5, 5.41) is 2.65. The maximum absolute atomic E-state index is 12.6. The lowest BCUT2D eigenvalue weighted by atomic mass is 9.84. The van der Waals surface area contributed by atoms with Crippen LogP contribution in [0.15, 0.2) is 0 Å². The Morgan fingerprint density at radius 1 is 1.22 bits per heavy atom. The van der Waals surface area contributed by atoms with Gasteiger partial charge < -0.3 is 19.9 Å². The van der Waals surface area contributed by atoms with Crippen LogP contribution in [-0.2, 0) is 9.53 Å². The van der Waals surface area contributed by atoms with Gasteiger partial charge in [0.1, 0.15) is 11.6 Å². The number of piperidine rings is 2. The van der Waals surface area contributed by atoms with Gasteiger partial charge in [0.25, 0.3) is 0 Å². The van der Waals surface area contributed by atoms with Crippen molar-refractivity contribution in [2.24, 2.45) is 5.92 Å². The molecule has 3 atom stereocenters. The number of carbonyl (C=O) groups is 2. The summed E-state index contributed by atoms with van der Waals surface area (Å²) in [5.41, 5.74) is -0.558. The number of nitrogens with one attached hydrogen (secondary N) is 1. The largest absolute Gasteiger partial charge is 0.444 e. The topological polar surface area (TPSA) is 61.9 Å². The van der Waals surface area contributed by atoms with Crippen LogP contribution >= 0.6 is 0 Å². The first kappa shape index (κ1) is 18.0. The van der Waals surface area contributed by atoms with Crippen LogP contribution < -0.4 is 5.32 Å². The molecule has 2 aliphatic rings. The minimum Gasteiger partial charge on any atom is -0.444 e.